The van der Waals surface area contributed by atoms with Gasteiger partial charge < -0.3 is 5.32 Å². The molecule has 0 aliphatic carbocycles. The first-order valence-corrected chi connectivity index (χ1v) is 5.36. The largest absolute Gasteiger partial charge is 0.380 e. The third-order valence-corrected chi connectivity index (χ3v) is 2.51. The van der Waals surface area contributed by atoms with E-state index >= 15 is 0 Å². The van der Waals surface area contributed by atoms with Gasteiger partial charge in [-0.05, 0) is 44.5 Å². The normalized spacial score (nSPS) is 9.88. The molecule has 0 aliphatic rings. The molecule has 0 amide bonds. The summed E-state index contributed by atoms with van der Waals surface area (Å²) in [6.07, 6.45) is 1.06. The summed E-state index contributed by atoms with van der Waals surface area (Å²) in [4.78, 5) is 0. The average Bonchev–Trinajstić information content (AvgIpc) is 2.28. The van der Waals surface area contributed by atoms with Gasteiger partial charge >= 0.3 is 0 Å². The van der Waals surface area contributed by atoms with Crippen molar-refractivity contribution >= 4 is 5.69 Å². The molecule has 1 aromatic rings. The van der Waals surface area contributed by atoms with E-state index in [9.17, 15) is 0 Å². The summed E-state index contributed by atoms with van der Waals surface area (Å²) in [5, 5.41) is 11.8. The van der Waals surface area contributed by atoms with Crippen LogP contribution in [-0.4, -0.2) is 5.54 Å². The molecule has 0 atom stereocenters. The molecule has 16 heavy (non-hydrogen) atoms. The third kappa shape index (κ3) is 3.67. The maximum Gasteiger partial charge on any atom is 0.152 e. The zero-order valence-electron chi connectivity index (χ0n) is 9.96. The minimum Gasteiger partial charge on any atom is -0.380 e. The lowest BCUT2D eigenvalue weighted by molar-refractivity contribution is 0.547. The van der Waals surface area contributed by atoms with E-state index < -0.39 is 0 Å². The van der Waals surface area contributed by atoms with Crippen molar-refractivity contribution in [3.05, 3.63) is 29.8 Å². The summed E-state index contributed by atoms with van der Waals surface area (Å²) >= 11 is 0. The van der Waals surface area contributed by atoms with Crippen molar-refractivity contribution in [3.63, 3.8) is 0 Å². The molecule has 0 saturated carbocycles. The van der Waals surface area contributed by atoms with Crippen LogP contribution in [0.25, 0.3) is 0 Å². The Bertz CT molecular complexity index is 438. The predicted octanol–water partition coefficient (Wildman–Crippen LogP) is 3.16. The second kappa shape index (κ2) is 5.24. The second-order valence-electron chi connectivity index (χ2n) is 4.30. The van der Waals surface area contributed by atoms with E-state index in [1.165, 1.54) is 0 Å². The van der Waals surface area contributed by atoms with Gasteiger partial charge in [0.2, 0.25) is 0 Å². The third-order valence-electron chi connectivity index (χ3n) is 2.51. The summed E-state index contributed by atoms with van der Waals surface area (Å²) < 4.78 is 0. The highest BCUT2D eigenvalue weighted by atomic mass is 15.0. The fraction of sp³-hybridized carbons (Fsp3) is 0.357. The Morgan fingerprint density at radius 1 is 1.25 bits per heavy atom. The van der Waals surface area contributed by atoms with Crippen molar-refractivity contribution in [2.24, 2.45) is 0 Å². The maximum atomic E-state index is 8.33. The molecular weight excluding hydrogens is 196 g/mol. The highest BCUT2D eigenvalue weighted by Crippen LogP contribution is 2.17. The molecule has 0 aromatic heterocycles. The Balaban J connectivity index is 2.77. The number of nitriles is 1. The first kappa shape index (κ1) is 12.1. The molecule has 0 spiro atoms. The van der Waals surface area contributed by atoms with E-state index in [-0.39, 0.29) is 5.54 Å². The fourth-order valence-electron chi connectivity index (χ4n) is 1.22. The summed E-state index contributed by atoms with van der Waals surface area (Å²) in [7, 11) is 0. The van der Waals surface area contributed by atoms with Crippen LogP contribution in [0.1, 0.15) is 32.8 Å². The number of hydrogen-bond donors (Lipinski definition) is 1. The molecule has 0 fully saturated rings. The van der Waals surface area contributed by atoms with Crippen LogP contribution in [0.4, 0.5) is 5.69 Å². The zero-order valence-corrected chi connectivity index (χ0v) is 9.96. The van der Waals surface area contributed by atoms with Gasteiger partial charge in [0.1, 0.15) is 0 Å². The van der Waals surface area contributed by atoms with Crippen molar-refractivity contribution in [1.82, 2.24) is 0 Å². The highest BCUT2D eigenvalue weighted by molar-refractivity contribution is 5.50. The fourth-order valence-corrected chi connectivity index (χ4v) is 1.22. The van der Waals surface area contributed by atoms with E-state index in [0.29, 0.717) is 0 Å². The van der Waals surface area contributed by atoms with Gasteiger partial charge in [0.15, 0.2) is 6.07 Å². The SMILES string of the molecule is CCC(C)(C)Nc1ccc(C#CC#N)cc1. The highest BCUT2D eigenvalue weighted by Gasteiger charge is 2.13. The molecule has 0 radical (unpaired) electrons. The van der Waals surface area contributed by atoms with E-state index in [1.807, 2.05) is 24.3 Å². The minimum atomic E-state index is 0.0971. The topological polar surface area (TPSA) is 35.8 Å². The van der Waals surface area contributed by atoms with Crippen molar-refractivity contribution in [3.8, 4) is 17.9 Å². The standard InChI is InChI=1S/C14H16N2/c1-4-14(2,3)16-13-9-7-12(8-10-13)6-5-11-15/h7-10,16H,4H2,1-3H3. The Hall–Kier alpha value is -1.93. The van der Waals surface area contributed by atoms with Crippen molar-refractivity contribution in [1.29, 1.82) is 5.26 Å². The summed E-state index contributed by atoms with van der Waals surface area (Å²) in [5.41, 5.74) is 2.04. The molecule has 0 unspecified atom stereocenters. The number of hydrogen-bond acceptors (Lipinski definition) is 2. The van der Waals surface area contributed by atoms with Gasteiger partial charge in [0.05, 0.1) is 0 Å². The molecule has 0 bridgehead atoms. The van der Waals surface area contributed by atoms with Crippen LogP contribution in [-0.2, 0) is 0 Å². The molecule has 0 saturated heterocycles. The molecule has 1 aromatic carbocycles. The first-order valence-electron chi connectivity index (χ1n) is 5.36. The summed E-state index contributed by atoms with van der Waals surface area (Å²) in [6.45, 7) is 6.48. The quantitative estimate of drug-likeness (QED) is 0.781. The molecular formula is C14H16N2. The molecule has 0 heterocycles. The first-order chi connectivity index (χ1) is 7.57. The van der Waals surface area contributed by atoms with Gasteiger partial charge in [-0.2, -0.15) is 5.26 Å². The van der Waals surface area contributed by atoms with Crippen molar-refractivity contribution in [2.45, 2.75) is 32.7 Å². The Kier molecular flexibility index (Phi) is 3.97. The number of anilines is 1. The van der Waals surface area contributed by atoms with E-state index in [2.05, 4.69) is 37.9 Å². The van der Waals surface area contributed by atoms with Gasteiger partial charge in [0, 0.05) is 22.7 Å². The Labute approximate surface area is 97.3 Å². The van der Waals surface area contributed by atoms with E-state index in [1.54, 1.807) is 6.07 Å². The summed E-state index contributed by atoms with van der Waals surface area (Å²) in [6, 6.07) is 9.60. The molecule has 2 nitrogen and oxygen atoms in total. The van der Waals surface area contributed by atoms with Gasteiger partial charge in [-0.3, -0.25) is 0 Å². The van der Waals surface area contributed by atoms with Crippen LogP contribution in [0.3, 0.4) is 0 Å². The van der Waals surface area contributed by atoms with Crippen molar-refractivity contribution < 1.29 is 0 Å². The average molecular weight is 212 g/mol. The van der Waals surface area contributed by atoms with Gasteiger partial charge in [-0.1, -0.05) is 12.8 Å². The number of benzene rings is 1. The molecule has 2 heteroatoms. The monoisotopic (exact) mass is 212 g/mol. The number of nitrogens with one attached hydrogen (secondary N) is 1. The van der Waals surface area contributed by atoms with Crippen molar-refractivity contribution in [2.75, 3.05) is 5.32 Å². The zero-order chi connectivity index (χ0) is 12.0. The van der Waals surface area contributed by atoms with E-state index in [4.69, 9.17) is 5.26 Å². The van der Waals surface area contributed by atoms with Crippen LogP contribution in [0, 0.1) is 23.2 Å². The van der Waals surface area contributed by atoms with Crippen LogP contribution in [0.15, 0.2) is 24.3 Å². The van der Waals surface area contributed by atoms with Gasteiger partial charge in [-0.15, -0.1) is 0 Å². The van der Waals surface area contributed by atoms with Gasteiger partial charge in [0.25, 0.3) is 0 Å². The van der Waals surface area contributed by atoms with Crippen LogP contribution >= 0.6 is 0 Å². The smallest absolute Gasteiger partial charge is 0.152 e. The lowest BCUT2D eigenvalue weighted by atomic mass is 10.0. The van der Waals surface area contributed by atoms with Crippen LogP contribution in [0.5, 0.6) is 0 Å². The van der Waals surface area contributed by atoms with Crippen LogP contribution < -0.4 is 5.32 Å². The molecule has 1 N–H and O–H groups in total. The molecule has 1 rings (SSSR count). The van der Waals surface area contributed by atoms with Crippen LogP contribution in [0.2, 0.25) is 0 Å². The number of rotatable bonds is 3. The van der Waals surface area contributed by atoms with E-state index in [0.717, 1.165) is 17.7 Å². The molecule has 82 valence electrons. The number of nitrogens with zero attached hydrogens (tertiary/aromatic N) is 1. The lowest BCUT2D eigenvalue weighted by Crippen LogP contribution is -2.29. The predicted molar refractivity (Wildman–Crippen MR) is 66.9 cm³/mol. The Morgan fingerprint density at radius 2 is 1.88 bits per heavy atom. The second-order valence-corrected chi connectivity index (χ2v) is 4.30. The maximum absolute atomic E-state index is 8.33. The molecule has 0 aliphatic heterocycles. The minimum absolute atomic E-state index is 0.0971. The lowest BCUT2D eigenvalue weighted by Gasteiger charge is -2.25. The van der Waals surface area contributed by atoms with Gasteiger partial charge in [-0.25, -0.2) is 0 Å². The summed E-state index contributed by atoms with van der Waals surface area (Å²) in [5.74, 6) is 5.14. The Morgan fingerprint density at radius 3 is 2.38 bits per heavy atom.